The number of anilines is 1. The van der Waals surface area contributed by atoms with Gasteiger partial charge in [0.2, 0.25) is 0 Å². The number of hydrogen-bond donors (Lipinski definition) is 2. The van der Waals surface area contributed by atoms with E-state index < -0.39 is 18.5 Å². The van der Waals surface area contributed by atoms with Crippen LogP contribution in [0.5, 0.6) is 0 Å². The standard InChI is InChI=1S/C11H9Cl2N3O3/c12-7-3-6(4-8(15)10(7)13)11(18)19-5-9(17)16-2-1-14/h3-4H,2,5,15H2,(H,16,17). The zero-order chi connectivity index (χ0) is 14.4. The van der Waals surface area contributed by atoms with Crippen molar-refractivity contribution < 1.29 is 14.3 Å². The third-order valence-electron chi connectivity index (χ3n) is 1.99. The van der Waals surface area contributed by atoms with Crippen LogP contribution in [-0.4, -0.2) is 25.0 Å². The first-order valence-corrected chi connectivity index (χ1v) is 5.76. The molecule has 3 N–H and O–H groups in total. The van der Waals surface area contributed by atoms with Crippen molar-refractivity contribution >= 4 is 40.8 Å². The van der Waals surface area contributed by atoms with E-state index in [9.17, 15) is 9.59 Å². The van der Waals surface area contributed by atoms with Gasteiger partial charge in [-0.25, -0.2) is 4.79 Å². The Labute approximate surface area is 119 Å². The van der Waals surface area contributed by atoms with Gasteiger partial charge in [-0.1, -0.05) is 23.2 Å². The van der Waals surface area contributed by atoms with Crippen LogP contribution in [0.4, 0.5) is 5.69 Å². The lowest BCUT2D eigenvalue weighted by Gasteiger charge is -2.07. The predicted octanol–water partition coefficient (Wildman–Crippen LogP) is 1.37. The van der Waals surface area contributed by atoms with Gasteiger partial charge in [-0.3, -0.25) is 4.79 Å². The lowest BCUT2D eigenvalue weighted by Crippen LogP contribution is -2.29. The fraction of sp³-hybridized carbons (Fsp3) is 0.182. The van der Waals surface area contributed by atoms with E-state index in [4.69, 9.17) is 38.9 Å². The molecule has 0 aliphatic rings. The van der Waals surface area contributed by atoms with Gasteiger partial charge in [0.05, 0.1) is 27.4 Å². The molecule has 0 unspecified atom stereocenters. The Hall–Kier alpha value is -1.97. The van der Waals surface area contributed by atoms with Crippen LogP contribution in [0, 0.1) is 11.3 Å². The zero-order valence-electron chi connectivity index (χ0n) is 9.57. The van der Waals surface area contributed by atoms with Gasteiger partial charge in [0.15, 0.2) is 6.61 Å². The highest BCUT2D eigenvalue weighted by Crippen LogP contribution is 2.29. The quantitative estimate of drug-likeness (QED) is 0.496. The van der Waals surface area contributed by atoms with Crippen molar-refractivity contribution in [3.8, 4) is 6.07 Å². The highest BCUT2D eigenvalue weighted by Gasteiger charge is 2.13. The minimum absolute atomic E-state index is 0.0833. The van der Waals surface area contributed by atoms with Crippen molar-refractivity contribution in [1.82, 2.24) is 5.32 Å². The Kier molecular flexibility index (Phi) is 5.42. The molecule has 1 amide bonds. The molecule has 0 aliphatic carbocycles. The second-order valence-electron chi connectivity index (χ2n) is 3.37. The molecular formula is C11H9Cl2N3O3. The molecule has 0 atom stereocenters. The van der Waals surface area contributed by atoms with Gasteiger partial charge in [-0.05, 0) is 12.1 Å². The molecule has 1 aromatic carbocycles. The first kappa shape index (κ1) is 15.1. The molecule has 1 aromatic rings. The number of carbonyl (C=O) groups is 2. The average molecular weight is 302 g/mol. The van der Waals surface area contributed by atoms with E-state index in [1.54, 1.807) is 6.07 Å². The van der Waals surface area contributed by atoms with Crippen LogP contribution in [0.1, 0.15) is 10.4 Å². The number of nitrogens with two attached hydrogens (primary N) is 1. The number of nitriles is 1. The summed E-state index contributed by atoms with van der Waals surface area (Å²) in [7, 11) is 0. The van der Waals surface area contributed by atoms with Crippen molar-refractivity contribution in [2.75, 3.05) is 18.9 Å². The number of halogens is 2. The minimum Gasteiger partial charge on any atom is -0.452 e. The largest absolute Gasteiger partial charge is 0.452 e. The van der Waals surface area contributed by atoms with E-state index in [1.165, 1.54) is 12.1 Å². The molecule has 0 bridgehead atoms. The van der Waals surface area contributed by atoms with Gasteiger partial charge in [-0.2, -0.15) is 5.26 Å². The third-order valence-corrected chi connectivity index (χ3v) is 2.81. The normalized spacial score (nSPS) is 9.53. The molecular weight excluding hydrogens is 293 g/mol. The highest BCUT2D eigenvalue weighted by atomic mass is 35.5. The molecule has 0 aromatic heterocycles. The van der Waals surface area contributed by atoms with Gasteiger partial charge in [0.1, 0.15) is 6.54 Å². The van der Waals surface area contributed by atoms with Crippen LogP contribution in [0.15, 0.2) is 12.1 Å². The summed E-state index contributed by atoms with van der Waals surface area (Å²) in [6.45, 7) is -0.656. The van der Waals surface area contributed by atoms with Gasteiger partial charge >= 0.3 is 5.97 Å². The molecule has 0 heterocycles. The monoisotopic (exact) mass is 301 g/mol. The van der Waals surface area contributed by atoms with E-state index in [0.29, 0.717) is 0 Å². The zero-order valence-corrected chi connectivity index (χ0v) is 11.1. The molecule has 0 radical (unpaired) electrons. The smallest absolute Gasteiger partial charge is 0.338 e. The van der Waals surface area contributed by atoms with E-state index in [-0.39, 0.29) is 27.8 Å². The number of nitrogens with zero attached hydrogens (tertiary/aromatic N) is 1. The maximum absolute atomic E-state index is 11.6. The molecule has 6 nitrogen and oxygen atoms in total. The lowest BCUT2D eigenvalue weighted by atomic mass is 10.2. The van der Waals surface area contributed by atoms with Crippen molar-refractivity contribution in [3.63, 3.8) is 0 Å². The molecule has 19 heavy (non-hydrogen) atoms. The molecule has 0 aliphatic heterocycles. The summed E-state index contributed by atoms with van der Waals surface area (Å²) in [5.41, 5.74) is 5.76. The molecule has 0 saturated heterocycles. The van der Waals surface area contributed by atoms with Crippen molar-refractivity contribution in [1.29, 1.82) is 5.26 Å². The average Bonchev–Trinajstić information content (AvgIpc) is 2.39. The predicted molar refractivity (Wildman–Crippen MR) is 69.8 cm³/mol. The Morgan fingerprint density at radius 3 is 2.68 bits per heavy atom. The molecule has 8 heteroatoms. The number of benzene rings is 1. The summed E-state index contributed by atoms with van der Waals surface area (Å²) in [5.74, 6) is -1.35. The number of carbonyl (C=O) groups excluding carboxylic acids is 2. The molecule has 0 spiro atoms. The van der Waals surface area contributed by atoms with E-state index in [2.05, 4.69) is 5.32 Å². The Balaban J connectivity index is 2.64. The van der Waals surface area contributed by atoms with Gasteiger partial charge < -0.3 is 15.8 Å². The molecule has 100 valence electrons. The van der Waals surface area contributed by atoms with E-state index in [0.717, 1.165) is 0 Å². The maximum Gasteiger partial charge on any atom is 0.338 e. The van der Waals surface area contributed by atoms with Crippen LogP contribution < -0.4 is 11.1 Å². The number of nitrogen functional groups attached to an aromatic ring is 1. The number of hydrogen-bond acceptors (Lipinski definition) is 5. The van der Waals surface area contributed by atoms with Crippen molar-refractivity contribution in [3.05, 3.63) is 27.7 Å². The molecule has 0 fully saturated rings. The van der Waals surface area contributed by atoms with Crippen molar-refractivity contribution in [2.45, 2.75) is 0 Å². The topological polar surface area (TPSA) is 105 Å². The van der Waals surface area contributed by atoms with Gasteiger partial charge in [0, 0.05) is 0 Å². The van der Waals surface area contributed by atoms with Crippen LogP contribution in [-0.2, 0) is 9.53 Å². The Morgan fingerprint density at radius 1 is 1.42 bits per heavy atom. The number of rotatable bonds is 4. The number of ether oxygens (including phenoxy) is 1. The summed E-state index contributed by atoms with van der Waals surface area (Å²) in [6, 6.07) is 4.30. The SMILES string of the molecule is N#CCNC(=O)COC(=O)c1cc(N)c(Cl)c(Cl)c1. The van der Waals surface area contributed by atoms with Crippen LogP contribution in [0.25, 0.3) is 0 Å². The van der Waals surface area contributed by atoms with Crippen LogP contribution in [0.3, 0.4) is 0 Å². The summed E-state index contributed by atoms with van der Waals surface area (Å²) in [4.78, 5) is 22.7. The second-order valence-corrected chi connectivity index (χ2v) is 4.16. The maximum atomic E-state index is 11.6. The van der Waals surface area contributed by atoms with Crippen LogP contribution >= 0.6 is 23.2 Å². The summed E-state index contributed by atoms with van der Waals surface area (Å²) in [6.07, 6.45) is 0. The Morgan fingerprint density at radius 2 is 2.11 bits per heavy atom. The van der Waals surface area contributed by atoms with Crippen LogP contribution in [0.2, 0.25) is 10.0 Å². The first-order chi connectivity index (χ1) is 8.95. The summed E-state index contributed by atoms with van der Waals surface area (Å²) in [5, 5.41) is 10.7. The Bertz CT molecular complexity index is 532. The van der Waals surface area contributed by atoms with Crippen molar-refractivity contribution in [2.24, 2.45) is 0 Å². The second kappa shape index (κ2) is 6.83. The number of esters is 1. The van der Waals surface area contributed by atoms with Gasteiger partial charge in [0.25, 0.3) is 5.91 Å². The van der Waals surface area contributed by atoms with E-state index >= 15 is 0 Å². The van der Waals surface area contributed by atoms with E-state index in [1.807, 2.05) is 0 Å². The lowest BCUT2D eigenvalue weighted by molar-refractivity contribution is -0.123. The third kappa shape index (κ3) is 4.32. The minimum atomic E-state index is -0.766. The molecule has 1 rings (SSSR count). The number of nitrogens with one attached hydrogen (secondary N) is 1. The first-order valence-electron chi connectivity index (χ1n) is 5.01. The summed E-state index contributed by atoms with van der Waals surface area (Å²) < 4.78 is 4.72. The highest BCUT2D eigenvalue weighted by molar-refractivity contribution is 6.43. The molecule has 0 saturated carbocycles. The number of amides is 1. The fourth-order valence-corrected chi connectivity index (χ4v) is 1.47. The summed E-state index contributed by atoms with van der Waals surface area (Å²) >= 11 is 11.5. The fourth-order valence-electron chi connectivity index (χ4n) is 1.13. The van der Waals surface area contributed by atoms with Gasteiger partial charge in [-0.15, -0.1) is 0 Å².